The lowest BCUT2D eigenvalue weighted by Gasteiger charge is -2.28. The second-order valence-corrected chi connectivity index (χ2v) is 3.03. The van der Waals surface area contributed by atoms with Gasteiger partial charge in [0.25, 0.3) is 0 Å². The minimum Gasteiger partial charge on any atom is -0.358 e. The fourth-order valence-corrected chi connectivity index (χ4v) is 1.35. The molecule has 0 amide bonds. The van der Waals surface area contributed by atoms with Gasteiger partial charge in [-0.05, 0) is 13.8 Å². The van der Waals surface area contributed by atoms with E-state index in [0.29, 0.717) is 0 Å². The first kappa shape index (κ1) is 9.38. The lowest BCUT2D eigenvalue weighted by molar-refractivity contribution is 0.290. The Labute approximate surface area is 81.2 Å². The van der Waals surface area contributed by atoms with Gasteiger partial charge in [0.15, 0.2) is 0 Å². The molecular weight excluding hydrogens is 220 g/mol. The van der Waals surface area contributed by atoms with Gasteiger partial charge in [0.05, 0.1) is 22.4 Å². The average Bonchev–Trinajstić information content (AvgIpc) is 2.07. The number of halogens is 1. The van der Waals surface area contributed by atoms with Crippen molar-refractivity contribution < 1.29 is 0 Å². The third-order valence-electron chi connectivity index (χ3n) is 1.71. The lowest BCUT2D eigenvalue weighted by Crippen LogP contribution is -2.37. The van der Waals surface area contributed by atoms with Gasteiger partial charge in [-0.25, -0.2) is 0 Å². The molecule has 0 aromatic rings. The van der Waals surface area contributed by atoms with Gasteiger partial charge in [-0.2, -0.15) is 5.10 Å². The molecule has 0 fully saturated rings. The van der Waals surface area contributed by atoms with Gasteiger partial charge in [-0.1, -0.05) is 0 Å². The molecule has 0 unspecified atom stereocenters. The smallest absolute Gasteiger partial charge is 0.124 e. The highest BCUT2D eigenvalue weighted by Gasteiger charge is 2.08. The molecule has 0 aliphatic carbocycles. The maximum Gasteiger partial charge on any atom is 0.124 e. The normalized spacial score (nSPS) is 15.6. The van der Waals surface area contributed by atoms with E-state index in [9.17, 15) is 0 Å². The number of rotatable bonds is 3. The van der Waals surface area contributed by atoms with E-state index in [-0.39, 0.29) is 0 Å². The van der Waals surface area contributed by atoms with E-state index < -0.39 is 0 Å². The molecule has 0 saturated heterocycles. The summed E-state index contributed by atoms with van der Waals surface area (Å²) >= 11 is 3.21. The Morgan fingerprint density at radius 1 is 1.58 bits per heavy atom. The molecule has 1 rings (SSSR count). The molecule has 1 aliphatic rings. The highest BCUT2D eigenvalue weighted by Crippen LogP contribution is 2.06. The summed E-state index contributed by atoms with van der Waals surface area (Å²) < 4.78 is 1.51. The number of hydrogen-bond acceptors (Lipinski definition) is 4. The van der Waals surface area contributed by atoms with Crippen LogP contribution in [0.2, 0.25) is 0 Å². The SMILES string of the molecule is CCN(CC)C1=CC=NN(Br)N1. The molecule has 4 nitrogen and oxygen atoms in total. The number of nitrogens with one attached hydrogen (secondary N) is 1. The van der Waals surface area contributed by atoms with E-state index in [1.807, 2.05) is 6.08 Å². The molecule has 0 bridgehead atoms. The molecule has 0 atom stereocenters. The number of allylic oxidation sites excluding steroid dienone is 1. The molecule has 1 aliphatic heterocycles. The highest BCUT2D eigenvalue weighted by molar-refractivity contribution is 9.07. The summed E-state index contributed by atoms with van der Waals surface area (Å²) in [6.45, 7) is 6.22. The van der Waals surface area contributed by atoms with E-state index in [1.165, 1.54) is 4.14 Å². The van der Waals surface area contributed by atoms with E-state index in [2.05, 4.69) is 45.4 Å². The molecular formula is C7H13BrN4. The Morgan fingerprint density at radius 3 is 2.75 bits per heavy atom. The Balaban J connectivity index is 2.61. The van der Waals surface area contributed by atoms with Crippen LogP contribution in [0, 0.1) is 0 Å². The van der Waals surface area contributed by atoms with Crippen molar-refractivity contribution in [1.82, 2.24) is 14.5 Å². The topological polar surface area (TPSA) is 30.9 Å². The van der Waals surface area contributed by atoms with Crippen molar-refractivity contribution in [1.29, 1.82) is 0 Å². The molecule has 0 saturated carbocycles. The summed E-state index contributed by atoms with van der Waals surface area (Å²) in [6, 6.07) is 0. The van der Waals surface area contributed by atoms with E-state index in [0.717, 1.165) is 18.9 Å². The van der Waals surface area contributed by atoms with Crippen LogP contribution in [0.25, 0.3) is 0 Å². The second-order valence-electron chi connectivity index (χ2n) is 2.36. The first-order valence-electron chi connectivity index (χ1n) is 3.99. The van der Waals surface area contributed by atoms with E-state index in [1.54, 1.807) is 6.21 Å². The minimum atomic E-state index is 0.990. The lowest BCUT2D eigenvalue weighted by atomic mass is 10.4. The van der Waals surface area contributed by atoms with Crippen LogP contribution in [0.4, 0.5) is 0 Å². The summed E-state index contributed by atoms with van der Waals surface area (Å²) in [7, 11) is 0. The average molecular weight is 233 g/mol. The predicted molar refractivity (Wildman–Crippen MR) is 53.4 cm³/mol. The van der Waals surface area contributed by atoms with Crippen LogP contribution in [0.3, 0.4) is 0 Å². The van der Waals surface area contributed by atoms with Crippen molar-refractivity contribution in [2.45, 2.75) is 13.8 Å². The monoisotopic (exact) mass is 232 g/mol. The Morgan fingerprint density at radius 2 is 2.25 bits per heavy atom. The molecule has 1 heterocycles. The van der Waals surface area contributed by atoms with Gasteiger partial charge in [-0.15, -0.1) is 4.14 Å². The minimum absolute atomic E-state index is 0.990. The first-order valence-corrected chi connectivity index (χ1v) is 4.70. The van der Waals surface area contributed by atoms with Crippen molar-refractivity contribution in [2.75, 3.05) is 13.1 Å². The van der Waals surface area contributed by atoms with Crippen LogP contribution in [-0.4, -0.2) is 28.3 Å². The Hall–Kier alpha value is -0.710. The van der Waals surface area contributed by atoms with Crippen molar-refractivity contribution >= 4 is 22.4 Å². The van der Waals surface area contributed by atoms with Crippen LogP contribution >= 0.6 is 16.1 Å². The molecule has 0 aromatic carbocycles. The fourth-order valence-electron chi connectivity index (χ4n) is 1.06. The number of nitrogens with zero attached hydrogens (tertiary/aromatic N) is 3. The van der Waals surface area contributed by atoms with Crippen molar-refractivity contribution in [3.63, 3.8) is 0 Å². The zero-order valence-corrected chi connectivity index (χ0v) is 8.87. The van der Waals surface area contributed by atoms with Crippen molar-refractivity contribution in [3.05, 3.63) is 11.9 Å². The van der Waals surface area contributed by atoms with Gasteiger partial charge in [-0.3, -0.25) is 5.43 Å². The number of hydrogen-bond donors (Lipinski definition) is 1. The second kappa shape index (κ2) is 4.35. The van der Waals surface area contributed by atoms with E-state index >= 15 is 0 Å². The third-order valence-corrected chi connectivity index (χ3v) is 2.07. The molecule has 68 valence electrons. The molecule has 0 aromatic heterocycles. The predicted octanol–water partition coefficient (Wildman–Crippen LogP) is 1.29. The van der Waals surface area contributed by atoms with Gasteiger partial charge in [0, 0.05) is 19.2 Å². The molecule has 12 heavy (non-hydrogen) atoms. The number of hydrazine groups is 1. The van der Waals surface area contributed by atoms with E-state index in [4.69, 9.17) is 0 Å². The maximum atomic E-state index is 3.94. The molecule has 1 N–H and O–H groups in total. The van der Waals surface area contributed by atoms with Gasteiger partial charge < -0.3 is 4.90 Å². The summed E-state index contributed by atoms with van der Waals surface area (Å²) in [5.74, 6) is 1.06. The van der Waals surface area contributed by atoms with Crippen LogP contribution < -0.4 is 5.43 Å². The van der Waals surface area contributed by atoms with Crippen LogP contribution in [0.5, 0.6) is 0 Å². The standard InChI is InChI=1S/C7H13BrN4/c1-3-11(4-2)7-5-6-9-12(8)10-7/h5-6,10H,3-4H2,1-2H3. The number of hydrazone groups is 1. The largest absolute Gasteiger partial charge is 0.358 e. The summed E-state index contributed by atoms with van der Waals surface area (Å²) in [4.78, 5) is 2.21. The van der Waals surface area contributed by atoms with Crippen LogP contribution in [-0.2, 0) is 0 Å². The first-order chi connectivity index (χ1) is 5.77. The molecule has 0 spiro atoms. The van der Waals surface area contributed by atoms with Crippen LogP contribution in [0.1, 0.15) is 13.8 Å². The quantitative estimate of drug-likeness (QED) is 0.745. The van der Waals surface area contributed by atoms with Gasteiger partial charge in [0.2, 0.25) is 0 Å². The van der Waals surface area contributed by atoms with Gasteiger partial charge >= 0.3 is 0 Å². The maximum absolute atomic E-state index is 3.94. The fraction of sp³-hybridized carbons (Fsp3) is 0.571. The summed E-state index contributed by atoms with van der Waals surface area (Å²) in [5, 5.41) is 3.94. The van der Waals surface area contributed by atoms with Crippen LogP contribution in [0.15, 0.2) is 17.0 Å². The third kappa shape index (κ3) is 2.14. The van der Waals surface area contributed by atoms with Crippen molar-refractivity contribution in [2.24, 2.45) is 5.10 Å². The van der Waals surface area contributed by atoms with Gasteiger partial charge in [0.1, 0.15) is 5.82 Å². The Bertz CT molecular complexity index is 198. The van der Waals surface area contributed by atoms with Crippen molar-refractivity contribution in [3.8, 4) is 0 Å². The summed E-state index contributed by atoms with van der Waals surface area (Å²) in [6.07, 6.45) is 3.70. The highest BCUT2D eigenvalue weighted by atomic mass is 79.9. The summed E-state index contributed by atoms with van der Waals surface area (Å²) in [5.41, 5.74) is 3.06. The Kier molecular flexibility index (Phi) is 3.40. The molecule has 0 radical (unpaired) electrons. The zero-order chi connectivity index (χ0) is 8.97. The molecule has 5 heteroatoms. The zero-order valence-electron chi connectivity index (χ0n) is 7.29.